The molecule has 2 rings (SSSR count). The second kappa shape index (κ2) is 4.58. The van der Waals surface area contributed by atoms with Crippen molar-refractivity contribution in [3.63, 3.8) is 0 Å². The van der Waals surface area contributed by atoms with Crippen LogP contribution >= 0.6 is 0 Å². The van der Waals surface area contributed by atoms with Gasteiger partial charge in [0.15, 0.2) is 0 Å². The molecule has 1 fully saturated rings. The van der Waals surface area contributed by atoms with Crippen molar-refractivity contribution in [2.75, 3.05) is 13.1 Å². The van der Waals surface area contributed by atoms with Gasteiger partial charge < -0.3 is 5.32 Å². The van der Waals surface area contributed by atoms with Crippen LogP contribution in [0, 0.1) is 0 Å². The molecule has 1 atom stereocenters. The zero-order valence-electron chi connectivity index (χ0n) is 9.12. The molecule has 0 spiro atoms. The third kappa shape index (κ3) is 2.26. The second-order valence-electron chi connectivity index (χ2n) is 4.07. The summed E-state index contributed by atoms with van der Waals surface area (Å²) in [5.74, 6) is 0.451. The van der Waals surface area contributed by atoms with Crippen molar-refractivity contribution in [2.45, 2.75) is 25.7 Å². The van der Waals surface area contributed by atoms with E-state index in [9.17, 15) is 4.79 Å². The van der Waals surface area contributed by atoms with Crippen molar-refractivity contribution >= 4 is 5.78 Å². The Balaban J connectivity index is 2.23. The molecule has 0 saturated carbocycles. The number of ketones is 1. The number of rotatable bonds is 2. The average molecular weight is 203 g/mol. The molecule has 1 aromatic rings. The van der Waals surface area contributed by atoms with Crippen LogP contribution in [0.1, 0.15) is 30.4 Å². The van der Waals surface area contributed by atoms with Crippen molar-refractivity contribution in [3.8, 4) is 0 Å². The predicted molar refractivity (Wildman–Crippen MR) is 61.1 cm³/mol. The molecule has 1 aromatic carbocycles. The lowest BCUT2D eigenvalue weighted by molar-refractivity contribution is -0.121. The number of Topliss-reactive ketones (excluding diaryl/α,β-unsaturated/α-hetero) is 1. The summed E-state index contributed by atoms with van der Waals surface area (Å²) in [6, 6.07) is 8.39. The Morgan fingerprint density at radius 1 is 1.47 bits per heavy atom. The molecule has 0 radical (unpaired) electrons. The van der Waals surface area contributed by atoms with Gasteiger partial charge in [-0.1, -0.05) is 31.2 Å². The zero-order chi connectivity index (χ0) is 10.7. The van der Waals surface area contributed by atoms with Crippen LogP contribution in [0.3, 0.4) is 0 Å². The highest BCUT2D eigenvalue weighted by Gasteiger charge is 2.23. The van der Waals surface area contributed by atoms with E-state index in [0.29, 0.717) is 12.2 Å². The molecule has 1 unspecified atom stereocenters. The standard InChI is InChI=1S/C13H17NO/c1-2-10-4-3-5-11(8-10)12-9-14-7-6-13(12)15/h3-5,8,12,14H,2,6-7,9H2,1H3. The van der Waals surface area contributed by atoms with Crippen molar-refractivity contribution in [1.82, 2.24) is 5.32 Å². The summed E-state index contributed by atoms with van der Waals surface area (Å²) in [5, 5.41) is 3.28. The maximum Gasteiger partial charge on any atom is 0.142 e. The van der Waals surface area contributed by atoms with Crippen LogP contribution < -0.4 is 5.32 Å². The summed E-state index contributed by atoms with van der Waals surface area (Å²) in [6.07, 6.45) is 1.70. The van der Waals surface area contributed by atoms with E-state index in [-0.39, 0.29) is 5.92 Å². The van der Waals surface area contributed by atoms with Crippen molar-refractivity contribution in [1.29, 1.82) is 0 Å². The van der Waals surface area contributed by atoms with E-state index in [2.05, 4.69) is 36.5 Å². The third-order valence-corrected chi connectivity index (χ3v) is 3.05. The van der Waals surface area contributed by atoms with Crippen molar-refractivity contribution in [3.05, 3.63) is 35.4 Å². The molecule has 1 aliphatic rings. The van der Waals surface area contributed by atoms with Crippen LogP contribution in [0.25, 0.3) is 0 Å². The van der Waals surface area contributed by atoms with Gasteiger partial charge in [0.05, 0.1) is 5.92 Å². The highest BCUT2D eigenvalue weighted by atomic mass is 16.1. The number of hydrogen-bond acceptors (Lipinski definition) is 2. The molecule has 1 aliphatic heterocycles. The van der Waals surface area contributed by atoms with Gasteiger partial charge >= 0.3 is 0 Å². The number of benzene rings is 1. The maximum absolute atomic E-state index is 11.8. The number of hydrogen-bond donors (Lipinski definition) is 1. The van der Waals surface area contributed by atoms with Crippen LogP contribution in [-0.2, 0) is 11.2 Å². The summed E-state index contributed by atoms with van der Waals surface area (Å²) in [4.78, 5) is 11.8. The monoisotopic (exact) mass is 203 g/mol. The Kier molecular flexibility index (Phi) is 3.17. The Bertz CT molecular complexity index is 359. The third-order valence-electron chi connectivity index (χ3n) is 3.05. The summed E-state index contributed by atoms with van der Waals surface area (Å²) in [5.41, 5.74) is 2.48. The van der Waals surface area contributed by atoms with E-state index in [1.165, 1.54) is 11.1 Å². The average Bonchev–Trinajstić information content (AvgIpc) is 2.30. The lowest BCUT2D eigenvalue weighted by atomic mass is 9.89. The summed E-state index contributed by atoms with van der Waals surface area (Å²) >= 11 is 0. The van der Waals surface area contributed by atoms with Gasteiger partial charge in [-0.3, -0.25) is 4.79 Å². The first kappa shape index (κ1) is 10.4. The minimum atomic E-state index is 0.0743. The molecule has 2 heteroatoms. The molecule has 15 heavy (non-hydrogen) atoms. The van der Waals surface area contributed by atoms with Crippen LogP contribution in [0.5, 0.6) is 0 Å². The zero-order valence-corrected chi connectivity index (χ0v) is 9.12. The Morgan fingerprint density at radius 2 is 2.33 bits per heavy atom. The fourth-order valence-corrected chi connectivity index (χ4v) is 2.08. The van der Waals surface area contributed by atoms with Gasteiger partial charge in [0.1, 0.15) is 5.78 Å². The van der Waals surface area contributed by atoms with Crippen molar-refractivity contribution < 1.29 is 4.79 Å². The van der Waals surface area contributed by atoms with Crippen LogP contribution in [-0.4, -0.2) is 18.9 Å². The number of carbonyl (C=O) groups is 1. The number of carbonyl (C=O) groups excluding carboxylic acids is 1. The van der Waals surface area contributed by atoms with E-state index < -0.39 is 0 Å². The van der Waals surface area contributed by atoms with Gasteiger partial charge in [0.25, 0.3) is 0 Å². The van der Waals surface area contributed by atoms with Gasteiger partial charge in [-0.05, 0) is 17.5 Å². The summed E-state index contributed by atoms with van der Waals surface area (Å²) < 4.78 is 0. The maximum atomic E-state index is 11.8. The van der Waals surface area contributed by atoms with Gasteiger partial charge in [0.2, 0.25) is 0 Å². The predicted octanol–water partition coefficient (Wildman–Crippen LogP) is 1.89. The van der Waals surface area contributed by atoms with Gasteiger partial charge in [-0.2, -0.15) is 0 Å². The molecule has 0 aromatic heterocycles. The first-order chi connectivity index (χ1) is 7.31. The second-order valence-corrected chi connectivity index (χ2v) is 4.07. The van der Waals surface area contributed by atoms with E-state index in [1.807, 2.05) is 0 Å². The molecular weight excluding hydrogens is 186 g/mol. The number of nitrogens with one attached hydrogen (secondary N) is 1. The molecule has 1 saturated heterocycles. The van der Waals surface area contributed by atoms with Crippen LogP contribution in [0.15, 0.2) is 24.3 Å². The molecule has 2 nitrogen and oxygen atoms in total. The molecule has 1 N–H and O–H groups in total. The molecule has 80 valence electrons. The molecule has 0 amide bonds. The van der Waals surface area contributed by atoms with Gasteiger partial charge in [-0.25, -0.2) is 0 Å². The lowest BCUT2D eigenvalue weighted by Gasteiger charge is -2.22. The summed E-state index contributed by atoms with van der Waals surface area (Å²) in [7, 11) is 0. The van der Waals surface area contributed by atoms with Gasteiger partial charge in [0, 0.05) is 19.5 Å². The first-order valence-corrected chi connectivity index (χ1v) is 5.63. The topological polar surface area (TPSA) is 29.1 Å². The SMILES string of the molecule is CCc1cccc(C2CNCCC2=O)c1. The first-order valence-electron chi connectivity index (χ1n) is 5.63. The molecule has 0 aliphatic carbocycles. The summed E-state index contributed by atoms with van der Waals surface area (Å²) in [6.45, 7) is 3.77. The highest BCUT2D eigenvalue weighted by Crippen LogP contribution is 2.21. The smallest absolute Gasteiger partial charge is 0.142 e. The highest BCUT2D eigenvalue weighted by molar-refractivity contribution is 5.86. The Hall–Kier alpha value is -1.15. The molecular formula is C13H17NO. The fourth-order valence-electron chi connectivity index (χ4n) is 2.08. The largest absolute Gasteiger partial charge is 0.315 e. The Morgan fingerprint density at radius 3 is 3.07 bits per heavy atom. The minimum absolute atomic E-state index is 0.0743. The minimum Gasteiger partial charge on any atom is -0.315 e. The van der Waals surface area contributed by atoms with E-state index >= 15 is 0 Å². The van der Waals surface area contributed by atoms with Crippen LogP contribution in [0.2, 0.25) is 0 Å². The van der Waals surface area contributed by atoms with E-state index in [0.717, 1.165) is 19.5 Å². The van der Waals surface area contributed by atoms with E-state index in [4.69, 9.17) is 0 Å². The quantitative estimate of drug-likeness (QED) is 0.795. The molecule has 0 bridgehead atoms. The number of piperidine rings is 1. The molecule has 1 heterocycles. The fraction of sp³-hybridized carbons (Fsp3) is 0.462. The van der Waals surface area contributed by atoms with Crippen molar-refractivity contribution in [2.24, 2.45) is 0 Å². The van der Waals surface area contributed by atoms with Crippen LogP contribution in [0.4, 0.5) is 0 Å². The van der Waals surface area contributed by atoms with E-state index in [1.54, 1.807) is 0 Å². The van der Waals surface area contributed by atoms with Gasteiger partial charge in [-0.15, -0.1) is 0 Å². The normalized spacial score (nSPS) is 21.7. The lowest BCUT2D eigenvalue weighted by Crippen LogP contribution is -2.35. The Labute approximate surface area is 90.7 Å². The number of aryl methyl sites for hydroxylation is 1.